The smallest absolute Gasteiger partial charge is 0.122 e. The minimum atomic E-state index is -0.0681. The molecule has 1 aromatic rings. The zero-order valence-electron chi connectivity index (χ0n) is 11.8. The van der Waals surface area contributed by atoms with Crippen LogP contribution in [0.2, 0.25) is 0 Å². The molecule has 1 saturated carbocycles. The van der Waals surface area contributed by atoms with E-state index in [0.29, 0.717) is 11.8 Å². The van der Waals surface area contributed by atoms with Crippen LogP contribution in [0.3, 0.4) is 0 Å². The fraction of sp³-hybridized carbons (Fsp3) is 0.625. The molecular formula is C16H23NO2. The summed E-state index contributed by atoms with van der Waals surface area (Å²) in [7, 11) is 1.72. The maximum absolute atomic E-state index is 9.97. The van der Waals surface area contributed by atoms with Crippen LogP contribution in [0.1, 0.15) is 24.0 Å². The summed E-state index contributed by atoms with van der Waals surface area (Å²) in [5.41, 5.74) is 2.58. The van der Waals surface area contributed by atoms with Crippen molar-refractivity contribution in [2.75, 3.05) is 20.2 Å². The average molecular weight is 261 g/mol. The van der Waals surface area contributed by atoms with Crippen LogP contribution >= 0.6 is 0 Å². The molecule has 1 aliphatic carbocycles. The second-order valence-electron chi connectivity index (χ2n) is 6.01. The molecule has 104 valence electrons. The fourth-order valence-electron chi connectivity index (χ4n) is 3.75. The molecule has 1 aliphatic heterocycles. The van der Waals surface area contributed by atoms with Gasteiger partial charge in [0.05, 0.1) is 13.2 Å². The van der Waals surface area contributed by atoms with Gasteiger partial charge in [-0.2, -0.15) is 0 Å². The number of methoxy groups -OCH3 is 1. The Kier molecular flexibility index (Phi) is 3.50. The van der Waals surface area contributed by atoms with Crippen LogP contribution in [0.5, 0.6) is 5.75 Å². The van der Waals surface area contributed by atoms with Gasteiger partial charge in [0.2, 0.25) is 0 Å². The van der Waals surface area contributed by atoms with Crippen LogP contribution in [0.4, 0.5) is 0 Å². The monoisotopic (exact) mass is 261 g/mol. The molecule has 2 fully saturated rings. The molecule has 3 atom stereocenters. The summed E-state index contributed by atoms with van der Waals surface area (Å²) in [6, 6.07) is 6.26. The molecule has 0 amide bonds. The maximum atomic E-state index is 9.97. The van der Waals surface area contributed by atoms with Crippen LogP contribution < -0.4 is 4.74 Å². The van der Waals surface area contributed by atoms with E-state index in [9.17, 15) is 5.11 Å². The lowest BCUT2D eigenvalue weighted by Gasteiger charge is -2.20. The number of benzene rings is 1. The van der Waals surface area contributed by atoms with Crippen molar-refractivity contribution in [1.29, 1.82) is 0 Å². The molecule has 3 rings (SSSR count). The van der Waals surface area contributed by atoms with Gasteiger partial charge in [0, 0.05) is 25.6 Å². The van der Waals surface area contributed by atoms with Crippen molar-refractivity contribution in [2.24, 2.45) is 11.8 Å². The Morgan fingerprint density at radius 1 is 1.32 bits per heavy atom. The van der Waals surface area contributed by atoms with Crippen LogP contribution in [0.25, 0.3) is 0 Å². The molecular weight excluding hydrogens is 238 g/mol. The van der Waals surface area contributed by atoms with E-state index < -0.39 is 0 Å². The van der Waals surface area contributed by atoms with Gasteiger partial charge in [-0.1, -0.05) is 12.1 Å². The van der Waals surface area contributed by atoms with Crippen molar-refractivity contribution in [1.82, 2.24) is 4.90 Å². The summed E-state index contributed by atoms with van der Waals surface area (Å²) in [6.45, 7) is 5.28. The van der Waals surface area contributed by atoms with E-state index in [0.717, 1.165) is 31.8 Å². The number of likely N-dealkylation sites (tertiary alicyclic amines) is 1. The van der Waals surface area contributed by atoms with E-state index >= 15 is 0 Å². The Hall–Kier alpha value is -1.06. The SMILES string of the molecule is COc1cccc(CN2C[C@@H]3CC[C@H](O)[C@@H]3C2)c1C. The summed E-state index contributed by atoms with van der Waals surface area (Å²) in [5, 5.41) is 9.97. The standard InChI is InChI=1S/C16H23NO2/c1-11-12(4-3-5-16(11)19-2)8-17-9-13-6-7-15(18)14(13)10-17/h3-5,13-15,18H,6-10H2,1-2H3/t13-,14+,15-/m0/s1. The highest BCUT2D eigenvalue weighted by Gasteiger charge is 2.41. The van der Waals surface area contributed by atoms with Crippen LogP contribution in [0, 0.1) is 18.8 Å². The lowest BCUT2D eigenvalue weighted by molar-refractivity contribution is 0.123. The van der Waals surface area contributed by atoms with E-state index in [1.807, 2.05) is 6.07 Å². The summed E-state index contributed by atoms with van der Waals surface area (Å²) >= 11 is 0. The van der Waals surface area contributed by atoms with Gasteiger partial charge in [0.15, 0.2) is 0 Å². The second kappa shape index (κ2) is 5.14. The zero-order valence-corrected chi connectivity index (χ0v) is 11.8. The highest BCUT2D eigenvalue weighted by atomic mass is 16.5. The number of hydrogen-bond acceptors (Lipinski definition) is 3. The van der Waals surface area contributed by atoms with Gasteiger partial charge < -0.3 is 9.84 Å². The third-order valence-corrected chi connectivity index (χ3v) is 4.90. The first kappa shape index (κ1) is 12.9. The fourth-order valence-corrected chi connectivity index (χ4v) is 3.75. The number of fused-ring (bicyclic) bond motifs is 1. The number of nitrogens with zero attached hydrogens (tertiary/aromatic N) is 1. The van der Waals surface area contributed by atoms with E-state index in [-0.39, 0.29) is 6.10 Å². The Labute approximate surface area is 115 Å². The van der Waals surface area contributed by atoms with Crippen LogP contribution in [-0.4, -0.2) is 36.3 Å². The first-order valence-corrected chi connectivity index (χ1v) is 7.22. The second-order valence-corrected chi connectivity index (χ2v) is 6.01. The van der Waals surface area contributed by atoms with Gasteiger partial charge in [0.1, 0.15) is 5.75 Å². The molecule has 1 heterocycles. The minimum absolute atomic E-state index is 0.0681. The molecule has 0 bridgehead atoms. The molecule has 0 spiro atoms. The lowest BCUT2D eigenvalue weighted by atomic mass is 10.00. The molecule has 2 aliphatic rings. The molecule has 0 radical (unpaired) electrons. The van der Waals surface area contributed by atoms with Crippen molar-refractivity contribution >= 4 is 0 Å². The summed E-state index contributed by atoms with van der Waals surface area (Å²) < 4.78 is 5.38. The first-order valence-electron chi connectivity index (χ1n) is 7.22. The quantitative estimate of drug-likeness (QED) is 0.905. The van der Waals surface area contributed by atoms with E-state index in [1.54, 1.807) is 7.11 Å². The molecule has 0 unspecified atom stereocenters. The van der Waals surface area contributed by atoms with Crippen molar-refractivity contribution in [3.63, 3.8) is 0 Å². The van der Waals surface area contributed by atoms with Crippen molar-refractivity contribution < 1.29 is 9.84 Å². The minimum Gasteiger partial charge on any atom is -0.496 e. The summed E-state index contributed by atoms with van der Waals surface area (Å²) in [5.74, 6) is 2.18. The zero-order chi connectivity index (χ0) is 13.4. The van der Waals surface area contributed by atoms with Crippen molar-refractivity contribution in [3.8, 4) is 5.75 Å². The van der Waals surface area contributed by atoms with E-state index in [2.05, 4.69) is 24.0 Å². The van der Waals surface area contributed by atoms with E-state index in [4.69, 9.17) is 4.74 Å². The summed E-state index contributed by atoms with van der Waals surface area (Å²) in [6.07, 6.45) is 2.13. The number of hydrogen-bond donors (Lipinski definition) is 1. The van der Waals surface area contributed by atoms with Gasteiger partial charge in [-0.3, -0.25) is 4.90 Å². The molecule has 3 heteroatoms. The molecule has 19 heavy (non-hydrogen) atoms. The van der Waals surface area contributed by atoms with Crippen molar-refractivity contribution in [2.45, 2.75) is 32.4 Å². The van der Waals surface area contributed by atoms with Crippen molar-refractivity contribution in [3.05, 3.63) is 29.3 Å². The molecule has 3 nitrogen and oxygen atoms in total. The number of rotatable bonds is 3. The molecule has 1 saturated heterocycles. The predicted octanol–water partition coefficient (Wildman–Crippen LogP) is 2.21. The van der Waals surface area contributed by atoms with Gasteiger partial charge >= 0.3 is 0 Å². The Balaban J connectivity index is 1.70. The highest BCUT2D eigenvalue weighted by molar-refractivity contribution is 5.39. The average Bonchev–Trinajstić information content (AvgIpc) is 2.95. The first-order chi connectivity index (χ1) is 9.19. The van der Waals surface area contributed by atoms with Crippen LogP contribution in [0.15, 0.2) is 18.2 Å². The Morgan fingerprint density at radius 2 is 2.16 bits per heavy atom. The molecule has 1 N–H and O–H groups in total. The van der Waals surface area contributed by atoms with Gasteiger partial charge in [-0.05, 0) is 42.9 Å². The number of ether oxygens (including phenoxy) is 1. The third-order valence-electron chi connectivity index (χ3n) is 4.90. The van der Waals surface area contributed by atoms with Gasteiger partial charge in [-0.25, -0.2) is 0 Å². The normalized spacial score (nSPS) is 30.6. The molecule has 0 aromatic heterocycles. The number of aliphatic hydroxyl groups is 1. The Morgan fingerprint density at radius 3 is 2.89 bits per heavy atom. The van der Waals surface area contributed by atoms with Crippen LogP contribution in [-0.2, 0) is 6.54 Å². The molecule has 1 aromatic carbocycles. The third kappa shape index (κ3) is 2.37. The lowest BCUT2D eigenvalue weighted by Crippen LogP contribution is -2.24. The van der Waals surface area contributed by atoms with E-state index in [1.165, 1.54) is 17.5 Å². The summed E-state index contributed by atoms with van der Waals surface area (Å²) in [4.78, 5) is 2.49. The maximum Gasteiger partial charge on any atom is 0.122 e. The van der Waals surface area contributed by atoms with Gasteiger partial charge in [-0.15, -0.1) is 0 Å². The Bertz CT molecular complexity index is 460. The highest BCUT2D eigenvalue weighted by Crippen LogP contribution is 2.38. The number of aliphatic hydroxyl groups excluding tert-OH is 1. The predicted molar refractivity (Wildman–Crippen MR) is 75.2 cm³/mol. The topological polar surface area (TPSA) is 32.7 Å². The largest absolute Gasteiger partial charge is 0.496 e. The van der Waals surface area contributed by atoms with Gasteiger partial charge in [0.25, 0.3) is 0 Å².